The summed E-state index contributed by atoms with van der Waals surface area (Å²) >= 11 is 0. The molecule has 3 fully saturated rings. The van der Waals surface area contributed by atoms with E-state index in [0.29, 0.717) is 24.5 Å². The van der Waals surface area contributed by atoms with Crippen LogP contribution < -0.4 is 0 Å². The normalized spacial score (nSPS) is 25.8. The van der Waals surface area contributed by atoms with Gasteiger partial charge in [0.2, 0.25) is 5.91 Å². The summed E-state index contributed by atoms with van der Waals surface area (Å²) in [5, 5.41) is 8.97. The standard InChI is InChI=1S/C16H29N3O2/c1-13(14-2-3-14)19(15-4-5-15)16(21)12-18-8-6-17(7-9-18)10-11-20/h13-15,20H,2-12H2,1H3/t13-/m1/s1. The molecule has 0 unspecified atom stereocenters. The summed E-state index contributed by atoms with van der Waals surface area (Å²) in [6.45, 7) is 7.64. The summed E-state index contributed by atoms with van der Waals surface area (Å²) in [4.78, 5) is 19.5. The average Bonchev–Trinajstić information content (AvgIpc) is 3.34. The first-order valence-electron chi connectivity index (χ1n) is 8.55. The van der Waals surface area contributed by atoms with Crippen molar-refractivity contribution in [2.75, 3.05) is 45.9 Å². The summed E-state index contributed by atoms with van der Waals surface area (Å²) in [5.41, 5.74) is 0. The lowest BCUT2D eigenvalue weighted by Gasteiger charge is -2.36. The molecule has 3 aliphatic rings. The van der Waals surface area contributed by atoms with E-state index >= 15 is 0 Å². The second-order valence-corrected chi connectivity index (χ2v) is 6.95. The van der Waals surface area contributed by atoms with E-state index in [1.54, 1.807) is 0 Å². The third-order valence-electron chi connectivity index (χ3n) is 5.21. The van der Waals surface area contributed by atoms with Crippen molar-refractivity contribution in [3.8, 4) is 0 Å². The third kappa shape index (κ3) is 3.96. The van der Waals surface area contributed by atoms with Gasteiger partial charge in [0.05, 0.1) is 13.2 Å². The molecule has 3 rings (SSSR count). The lowest BCUT2D eigenvalue weighted by Crippen LogP contribution is -2.52. The van der Waals surface area contributed by atoms with Gasteiger partial charge in [-0.05, 0) is 38.5 Å². The Morgan fingerprint density at radius 2 is 1.76 bits per heavy atom. The maximum atomic E-state index is 12.7. The van der Waals surface area contributed by atoms with Gasteiger partial charge in [-0.2, -0.15) is 0 Å². The molecule has 0 radical (unpaired) electrons. The van der Waals surface area contributed by atoms with Crippen LogP contribution in [0.15, 0.2) is 0 Å². The highest BCUT2D eigenvalue weighted by Crippen LogP contribution is 2.39. The molecular formula is C16H29N3O2. The minimum atomic E-state index is 0.229. The second kappa shape index (κ2) is 6.63. The van der Waals surface area contributed by atoms with Gasteiger partial charge in [-0.3, -0.25) is 14.6 Å². The van der Waals surface area contributed by atoms with Gasteiger partial charge in [0, 0.05) is 44.8 Å². The van der Waals surface area contributed by atoms with Gasteiger partial charge in [-0.1, -0.05) is 0 Å². The molecular weight excluding hydrogens is 266 g/mol. The molecule has 1 aliphatic heterocycles. The molecule has 0 aromatic carbocycles. The molecule has 120 valence electrons. The molecule has 1 amide bonds. The fraction of sp³-hybridized carbons (Fsp3) is 0.938. The molecule has 1 saturated heterocycles. The lowest BCUT2D eigenvalue weighted by molar-refractivity contribution is -0.136. The Kier molecular flexibility index (Phi) is 4.82. The number of nitrogens with zero attached hydrogens (tertiary/aromatic N) is 3. The number of aliphatic hydroxyl groups is 1. The number of rotatable bonds is 7. The summed E-state index contributed by atoms with van der Waals surface area (Å²) in [5.74, 6) is 1.10. The molecule has 1 heterocycles. The fourth-order valence-corrected chi connectivity index (χ4v) is 3.51. The van der Waals surface area contributed by atoms with Crippen LogP contribution in [0.5, 0.6) is 0 Å². The first-order chi connectivity index (χ1) is 10.2. The SMILES string of the molecule is C[C@H](C1CC1)N(C(=O)CN1CCN(CCO)CC1)C1CC1. The molecule has 1 N–H and O–H groups in total. The Morgan fingerprint density at radius 1 is 1.14 bits per heavy atom. The number of piperazine rings is 1. The van der Waals surface area contributed by atoms with Crippen LogP contribution in [0, 0.1) is 5.92 Å². The smallest absolute Gasteiger partial charge is 0.237 e. The lowest BCUT2D eigenvalue weighted by atomic mass is 10.1. The van der Waals surface area contributed by atoms with Gasteiger partial charge < -0.3 is 10.0 Å². The Morgan fingerprint density at radius 3 is 2.29 bits per heavy atom. The van der Waals surface area contributed by atoms with Gasteiger partial charge in [-0.25, -0.2) is 0 Å². The zero-order valence-corrected chi connectivity index (χ0v) is 13.2. The maximum absolute atomic E-state index is 12.7. The van der Waals surface area contributed by atoms with Crippen molar-refractivity contribution in [1.82, 2.24) is 14.7 Å². The highest BCUT2D eigenvalue weighted by atomic mass is 16.3. The second-order valence-electron chi connectivity index (χ2n) is 6.95. The van der Waals surface area contributed by atoms with Gasteiger partial charge >= 0.3 is 0 Å². The van der Waals surface area contributed by atoms with Crippen molar-refractivity contribution in [2.45, 2.75) is 44.7 Å². The number of hydrogen-bond acceptors (Lipinski definition) is 4. The van der Waals surface area contributed by atoms with Crippen molar-refractivity contribution in [3.05, 3.63) is 0 Å². The molecule has 0 spiro atoms. The summed E-state index contributed by atoms with van der Waals surface area (Å²) in [6, 6.07) is 0.976. The number of carbonyl (C=O) groups is 1. The van der Waals surface area contributed by atoms with Crippen LogP contribution in [0.1, 0.15) is 32.6 Å². The van der Waals surface area contributed by atoms with Crippen LogP contribution in [-0.4, -0.2) is 83.7 Å². The first kappa shape index (κ1) is 15.3. The Bertz CT molecular complexity index is 361. The number of amides is 1. The number of hydrogen-bond donors (Lipinski definition) is 1. The topological polar surface area (TPSA) is 47.0 Å². The van der Waals surface area contributed by atoms with Crippen LogP contribution in [0.25, 0.3) is 0 Å². The molecule has 0 aromatic rings. The largest absolute Gasteiger partial charge is 0.395 e. The van der Waals surface area contributed by atoms with Crippen molar-refractivity contribution in [2.24, 2.45) is 5.92 Å². The molecule has 2 saturated carbocycles. The van der Waals surface area contributed by atoms with Gasteiger partial charge in [0.15, 0.2) is 0 Å². The van der Waals surface area contributed by atoms with Crippen molar-refractivity contribution >= 4 is 5.91 Å². The van der Waals surface area contributed by atoms with Crippen LogP contribution in [-0.2, 0) is 4.79 Å². The highest BCUT2D eigenvalue weighted by Gasteiger charge is 2.41. The molecule has 21 heavy (non-hydrogen) atoms. The maximum Gasteiger partial charge on any atom is 0.237 e. The van der Waals surface area contributed by atoms with Crippen LogP contribution in [0.2, 0.25) is 0 Å². The van der Waals surface area contributed by atoms with Gasteiger partial charge in [-0.15, -0.1) is 0 Å². The van der Waals surface area contributed by atoms with Crippen LogP contribution >= 0.6 is 0 Å². The van der Waals surface area contributed by atoms with Crippen LogP contribution in [0.3, 0.4) is 0 Å². The molecule has 5 heteroatoms. The summed E-state index contributed by atoms with van der Waals surface area (Å²) in [6.07, 6.45) is 5.01. The predicted molar refractivity (Wildman–Crippen MR) is 82.0 cm³/mol. The van der Waals surface area contributed by atoms with Crippen molar-refractivity contribution in [3.63, 3.8) is 0 Å². The number of β-amino-alcohol motifs (C(OH)–C–C–N with tert-alkyl or cyclic N) is 1. The van der Waals surface area contributed by atoms with Gasteiger partial charge in [0.1, 0.15) is 0 Å². The third-order valence-corrected chi connectivity index (χ3v) is 5.21. The predicted octanol–water partition coefficient (Wildman–Crippen LogP) is 0.386. The van der Waals surface area contributed by atoms with Crippen LogP contribution in [0.4, 0.5) is 0 Å². The minimum absolute atomic E-state index is 0.229. The number of carbonyl (C=O) groups excluding carboxylic acids is 1. The molecule has 1 atom stereocenters. The Balaban J connectivity index is 1.48. The van der Waals surface area contributed by atoms with E-state index in [4.69, 9.17) is 5.11 Å². The fourth-order valence-electron chi connectivity index (χ4n) is 3.51. The van der Waals surface area contributed by atoms with Crippen molar-refractivity contribution < 1.29 is 9.90 Å². The van der Waals surface area contributed by atoms with E-state index in [0.717, 1.165) is 38.6 Å². The molecule has 2 aliphatic carbocycles. The first-order valence-corrected chi connectivity index (χ1v) is 8.55. The van der Waals surface area contributed by atoms with E-state index in [1.165, 1.54) is 25.7 Å². The van der Waals surface area contributed by atoms with Crippen molar-refractivity contribution in [1.29, 1.82) is 0 Å². The summed E-state index contributed by atoms with van der Waals surface area (Å²) < 4.78 is 0. The Hall–Kier alpha value is -0.650. The zero-order valence-electron chi connectivity index (χ0n) is 13.2. The number of aliphatic hydroxyl groups excluding tert-OH is 1. The zero-order chi connectivity index (χ0) is 14.8. The monoisotopic (exact) mass is 295 g/mol. The average molecular weight is 295 g/mol. The minimum Gasteiger partial charge on any atom is -0.395 e. The van der Waals surface area contributed by atoms with Gasteiger partial charge in [0.25, 0.3) is 0 Å². The van der Waals surface area contributed by atoms with E-state index < -0.39 is 0 Å². The van der Waals surface area contributed by atoms with E-state index in [-0.39, 0.29) is 6.61 Å². The summed E-state index contributed by atoms with van der Waals surface area (Å²) in [7, 11) is 0. The van der Waals surface area contributed by atoms with E-state index in [2.05, 4.69) is 21.6 Å². The molecule has 0 bridgehead atoms. The molecule has 5 nitrogen and oxygen atoms in total. The quantitative estimate of drug-likeness (QED) is 0.738. The van der Waals surface area contributed by atoms with E-state index in [1.807, 2.05) is 0 Å². The van der Waals surface area contributed by atoms with E-state index in [9.17, 15) is 4.79 Å². The Labute approximate surface area is 127 Å². The highest BCUT2D eigenvalue weighted by molar-refractivity contribution is 5.79. The molecule has 0 aromatic heterocycles.